The average Bonchev–Trinajstić information content (AvgIpc) is 2.45. The van der Waals surface area contributed by atoms with Gasteiger partial charge in [0.25, 0.3) is 0 Å². The minimum Gasteiger partial charge on any atom is -0.313 e. The first-order chi connectivity index (χ1) is 9.47. The van der Waals surface area contributed by atoms with Crippen molar-refractivity contribution in [3.05, 3.63) is 35.9 Å². The van der Waals surface area contributed by atoms with Crippen molar-refractivity contribution in [2.24, 2.45) is 0 Å². The standard InChI is InChI=1S/C16H25NO2S/c1-13(14-7-4-3-5-8-14)12-17-15-9-6-10-16(11-15)20(2,18)19/h3-5,7-8,13,15-17H,6,9-12H2,1-2H3. The highest BCUT2D eigenvalue weighted by atomic mass is 32.2. The summed E-state index contributed by atoms with van der Waals surface area (Å²) in [6.45, 7) is 3.12. The second-order valence-corrected chi connectivity index (χ2v) is 8.36. The second kappa shape index (κ2) is 6.72. The molecule has 0 radical (unpaired) electrons. The number of nitrogens with one attached hydrogen (secondary N) is 1. The summed E-state index contributed by atoms with van der Waals surface area (Å²) in [6, 6.07) is 10.8. The Kier molecular flexibility index (Phi) is 5.22. The molecule has 0 amide bonds. The molecule has 1 aliphatic rings. The summed E-state index contributed by atoms with van der Waals surface area (Å²) in [6.07, 6.45) is 5.06. The van der Waals surface area contributed by atoms with Crippen LogP contribution in [0.3, 0.4) is 0 Å². The lowest BCUT2D eigenvalue weighted by Gasteiger charge is -2.29. The van der Waals surface area contributed by atoms with Crippen LogP contribution < -0.4 is 5.32 Å². The highest BCUT2D eigenvalue weighted by molar-refractivity contribution is 7.91. The summed E-state index contributed by atoms with van der Waals surface area (Å²) in [5, 5.41) is 3.41. The third-order valence-electron chi connectivity index (χ3n) is 4.31. The molecule has 1 N–H and O–H groups in total. The van der Waals surface area contributed by atoms with Crippen molar-refractivity contribution in [2.75, 3.05) is 12.8 Å². The Morgan fingerprint density at radius 1 is 1.25 bits per heavy atom. The molecule has 3 atom stereocenters. The number of benzene rings is 1. The van der Waals surface area contributed by atoms with E-state index in [1.807, 2.05) is 6.07 Å². The Bertz CT molecular complexity index is 513. The van der Waals surface area contributed by atoms with Gasteiger partial charge in [-0.2, -0.15) is 0 Å². The van der Waals surface area contributed by atoms with Gasteiger partial charge in [-0.05, 0) is 30.7 Å². The van der Waals surface area contributed by atoms with E-state index in [-0.39, 0.29) is 5.25 Å². The first-order valence-corrected chi connectivity index (χ1v) is 9.39. The quantitative estimate of drug-likeness (QED) is 0.908. The van der Waals surface area contributed by atoms with E-state index in [1.54, 1.807) is 0 Å². The molecule has 3 unspecified atom stereocenters. The number of hydrogen-bond donors (Lipinski definition) is 1. The monoisotopic (exact) mass is 295 g/mol. The van der Waals surface area contributed by atoms with Crippen molar-refractivity contribution >= 4 is 9.84 Å². The number of sulfone groups is 1. The molecule has 0 heterocycles. The molecule has 1 aromatic rings. The highest BCUT2D eigenvalue weighted by Gasteiger charge is 2.28. The first kappa shape index (κ1) is 15.5. The molecule has 4 heteroatoms. The SMILES string of the molecule is CC(CNC1CCCC(S(C)(=O)=O)C1)c1ccccc1. The maximum atomic E-state index is 11.7. The van der Waals surface area contributed by atoms with Gasteiger partial charge in [-0.15, -0.1) is 0 Å². The molecule has 0 aliphatic heterocycles. The molecular formula is C16H25NO2S. The van der Waals surface area contributed by atoms with Crippen molar-refractivity contribution in [3.63, 3.8) is 0 Å². The Labute approximate surface area is 122 Å². The molecule has 20 heavy (non-hydrogen) atoms. The number of hydrogen-bond acceptors (Lipinski definition) is 3. The van der Waals surface area contributed by atoms with Crippen LogP contribution in [0.15, 0.2) is 30.3 Å². The predicted octanol–water partition coefficient (Wildman–Crippen LogP) is 2.74. The van der Waals surface area contributed by atoms with Crippen LogP contribution in [-0.2, 0) is 9.84 Å². The third kappa shape index (κ3) is 4.32. The van der Waals surface area contributed by atoms with Crippen LogP contribution in [0.5, 0.6) is 0 Å². The van der Waals surface area contributed by atoms with Gasteiger partial charge in [-0.25, -0.2) is 8.42 Å². The Morgan fingerprint density at radius 3 is 2.60 bits per heavy atom. The fraction of sp³-hybridized carbons (Fsp3) is 0.625. The molecule has 0 bridgehead atoms. The largest absolute Gasteiger partial charge is 0.313 e. The zero-order chi connectivity index (χ0) is 14.6. The molecule has 0 spiro atoms. The van der Waals surface area contributed by atoms with Gasteiger partial charge in [0.15, 0.2) is 0 Å². The molecule has 3 nitrogen and oxygen atoms in total. The van der Waals surface area contributed by atoms with Crippen molar-refractivity contribution < 1.29 is 8.42 Å². The Hall–Kier alpha value is -0.870. The topological polar surface area (TPSA) is 46.2 Å². The molecule has 112 valence electrons. The molecule has 2 rings (SSSR count). The van der Waals surface area contributed by atoms with E-state index in [0.29, 0.717) is 12.0 Å². The minimum absolute atomic E-state index is 0.152. The van der Waals surface area contributed by atoms with Crippen molar-refractivity contribution in [3.8, 4) is 0 Å². The van der Waals surface area contributed by atoms with E-state index in [4.69, 9.17) is 0 Å². The van der Waals surface area contributed by atoms with E-state index < -0.39 is 9.84 Å². The summed E-state index contributed by atoms with van der Waals surface area (Å²) in [4.78, 5) is 0. The van der Waals surface area contributed by atoms with Gasteiger partial charge in [0.05, 0.1) is 5.25 Å². The van der Waals surface area contributed by atoms with Crippen LogP contribution in [-0.4, -0.2) is 32.5 Å². The first-order valence-electron chi connectivity index (χ1n) is 7.44. The maximum absolute atomic E-state index is 11.7. The summed E-state index contributed by atoms with van der Waals surface area (Å²) in [7, 11) is -2.89. The maximum Gasteiger partial charge on any atom is 0.150 e. The Balaban J connectivity index is 1.85. The molecule has 1 aliphatic carbocycles. The fourth-order valence-electron chi connectivity index (χ4n) is 2.96. The molecular weight excluding hydrogens is 270 g/mol. The summed E-state index contributed by atoms with van der Waals surface area (Å²) in [5.41, 5.74) is 1.33. The lowest BCUT2D eigenvalue weighted by atomic mass is 9.94. The third-order valence-corrected chi connectivity index (χ3v) is 5.95. The van der Waals surface area contributed by atoms with Crippen molar-refractivity contribution in [2.45, 2.75) is 49.8 Å². The predicted molar refractivity (Wildman–Crippen MR) is 83.7 cm³/mol. The smallest absolute Gasteiger partial charge is 0.150 e. The molecule has 0 saturated heterocycles. The zero-order valence-corrected chi connectivity index (χ0v) is 13.2. The van der Waals surface area contributed by atoms with E-state index >= 15 is 0 Å². The van der Waals surface area contributed by atoms with Gasteiger partial charge in [-0.1, -0.05) is 43.7 Å². The fourth-order valence-corrected chi connectivity index (χ4v) is 4.14. The molecule has 1 fully saturated rings. The van der Waals surface area contributed by atoms with Crippen LogP contribution in [0.25, 0.3) is 0 Å². The van der Waals surface area contributed by atoms with Gasteiger partial charge in [-0.3, -0.25) is 0 Å². The zero-order valence-electron chi connectivity index (χ0n) is 12.4. The van der Waals surface area contributed by atoms with Crippen LogP contribution in [0.1, 0.15) is 44.1 Å². The van der Waals surface area contributed by atoms with E-state index in [1.165, 1.54) is 11.8 Å². The van der Waals surface area contributed by atoms with Gasteiger partial charge < -0.3 is 5.32 Å². The van der Waals surface area contributed by atoms with Crippen LogP contribution in [0.2, 0.25) is 0 Å². The molecule has 1 aromatic carbocycles. The van der Waals surface area contributed by atoms with Gasteiger partial charge >= 0.3 is 0 Å². The normalized spacial score (nSPS) is 25.3. The van der Waals surface area contributed by atoms with Gasteiger partial charge in [0.1, 0.15) is 9.84 Å². The van der Waals surface area contributed by atoms with Crippen LogP contribution in [0, 0.1) is 0 Å². The Morgan fingerprint density at radius 2 is 1.95 bits per heavy atom. The van der Waals surface area contributed by atoms with Crippen molar-refractivity contribution in [1.82, 2.24) is 5.32 Å². The van der Waals surface area contributed by atoms with E-state index in [2.05, 4.69) is 36.5 Å². The van der Waals surface area contributed by atoms with E-state index in [9.17, 15) is 8.42 Å². The van der Waals surface area contributed by atoms with Crippen molar-refractivity contribution in [1.29, 1.82) is 0 Å². The van der Waals surface area contributed by atoms with Gasteiger partial charge in [0, 0.05) is 18.8 Å². The van der Waals surface area contributed by atoms with E-state index in [0.717, 1.165) is 32.2 Å². The highest BCUT2D eigenvalue weighted by Crippen LogP contribution is 2.24. The van der Waals surface area contributed by atoms with Crippen LogP contribution >= 0.6 is 0 Å². The minimum atomic E-state index is -2.89. The molecule has 0 aromatic heterocycles. The number of rotatable bonds is 5. The second-order valence-electron chi connectivity index (χ2n) is 6.04. The lowest BCUT2D eigenvalue weighted by Crippen LogP contribution is -2.40. The average molecular weight is 295 g/mol. The summed E-state index contributed by atoms with van der Waals surface area (Å²) in [5.74, 6) is 0.454. The summed E-state index contributed by atoms with van der Waals surface area (Å²) < 4.78 is 23.3. The lowest BCUT2D eigenvalue weighted by molar-refractivity contribution is 0.366. The summed E-state index contributed by atoms with van der Waals surface area (Å²) >= 11 is 0. The van der Waals surface area contributed by atoms with Crippen LogP contribution in [0.4, 0.5) is 0 Å². The molecule has 1 saturated carbocycles. The van der Waals surface area contributed by atoms with Gasteiger partial charge in [0.2, 0.25) is 0 Å².